The van der Waals surface area contributed by atoms with Crippen molar-refractivity contribution in [1.82, 2.24) is 5.32 Å². The van der Waals surface area contributed by atoms with Gasteiger partial charge in [-0.2, -0.15) is 0 Å². The third kappa shape index (κ3) is 1.82. The van der Waals surface area contributed by atoms with E-state index in [9.17, 15) is 0 Å². The van der Waals surface area contributed by atoms with Crippen LogP contribution in [0.5, 0.6) is 0 Å². The van der Waals surface area contributed by atoms with Crippen molar-refractivity contribution in [2.75, 3.05) is 0 Å². The van der Waals surface area contributed by atoms with Crippen molar-refractivity contribution in [2.24, 2.45) is 11.8 Å². The van der Waals surface area contributed by atoms with Crippen molar-refractivity contribution in [1.29, 1.82) is 0 Å². The Morgan fingerprint density at radius 1 is 0.917 bits per heavy atom. The Hall–Kier alpha value is -0.0400. The van der Waals surface area contributed by atoms with Gasteiger partial charge >= 0.3 is 0 Å². The molecule has 2 aliphatic carbocycles. The van der Waals surface area contributed by atoms with Crippen LogP contribution in [0.25, 0.3) is 0 Å². The lowest BCUT2D eigenvalue weighted by atomic mass is 9.79. The zero-order valence-electron chi connectivity index (χ0n) is 8.34. The molecule has 12 heavy (non-hydrogen) atoms. The molecule has 2 atom stereocenters. The molecule has 1 nitrogen and oxygen atoms in total. The maximum atomic E-state index is 3.79. The highest BCUT2D eigenvalue weighted by Crippen LogP contribution is 2.31. The normalized spacial score (nSPS) is 43.0. The topological polar surface area (TPSA) is 12.0 Å². The Bertz CT molecular complexity index is 141. The smallest absolute Gasteiger partial charge is 0.0121 e. The van der Waals surface area contributed by atoms with Gasteiger partial charge in [-0.15, -0.1) is 0 Å². The van der Waals surface area contributed by atoms with Crippen LogP contribution in [0, 0.1) is 11.8 Å². The lowest BCUT2D eigenvalue weighted by Crippen LogP contribution is -2.43. The van der Waals surface area contributed by atoms with E-state index < -0.39 is 0 Å². The van der Waals surface area contributed by atoms with E-state index in [1.807, 2.05) is 0 Å². The molecule has 2 aliphatic rings. The van der Waals surface area contributed by atoms with Crippen molar-refractivity contribution >= 4 is 0 Å². The maximum Gasteiger partial charge on any atom is 0.0121 e. The summed E-state index contributed by atoms with van der Waals surface area (Å²) in [6.45, 7) is 4.82. The third-order valence-electron chi connectivity index (χ3n) is 3.55. The molecule has 0 aromatic rings. The molecule has 0 radical (unpaired) electrons. The molecule has 0 bridgehead atoms. The Labute approximate surface area is 75.9 Å². The number of hydrogen-bond donors (Lipinski definition) is 1. The lowest BCUT2D eigenvalue weighted by Gasteiger charge is -2.35. The molecular weight excluding hydrogens is 146 g/mol. The summed E-state index contributed by atoms with van der Waals surface area (Å²) in [5.41, 5.74) is 0. The molecule has 0 saturated heterocycles. The SMILES string of the molecule is CC1CCCC(C)C1NC1CC1. The van der Waals surface area contributed by atoms with Gasteiger partial charge in [-0.25, -0.2) is 0 Å². The first-order valence-corrected chi connectivity index (χ1v) is 5.53. The molecule has 0 aromatic carbocycles. The Morgan fingerprint density at radius 3 is 2.00 bits per heavy atom. The minimum absolute atomic E-state index is 0.825. The van der Waals surface area contributed by atoms with Crippen LogP contribution in [-0.4, -0.2) is 12.1 Å². The maximum absolute atomic E-state index is 3.79. The lowest BCUT2D eigenvalue weighted by molar-refractivity contribution is 0.207. The van der Waals surface area contributed by atoms with Gasteiger partial charge in [-0.3, -0.25) is 0 Å². The van der Waals surface area contributed by atoms with Crippen LogP contribution in [-0.2, 0) is 0 Å². The van der Waals surface area contributed by atoms with E-state index in [2.05, 4.69) is 19.2 Å². The summed E-state index contributed by atoms with van der Waals surface area (Å²) in [5.74, 6) is 1.82. The molecule has 1 N–H and O–H groups in total. The summed E-state index contributed by atoms with van der Waals surface area (Å²) in [6.07, 6.45) is 7.18. The van der Waals surface area contributed by atoms with Crippen LogP contribution >= 0.6 is 0 Å². The van der Waals surface area contributed by atoms with Crippen molar-refractivity contribution < 1.29 is 0 Å². The predicted octanol–water partition coefficient (Wildman–Crippen LogP) is 2.56. The van der Waals surface area contributed by atoms with E-state index in [4.69, 9.17) is 0 Å². The van der Waals surface area contributed by atoms with Gasteiger partial charge in [0.25, 0.3) is 0 Å². The van der Waals surface area contributed by atoms with E-state index in [1.54, 1.807) is 0 Å². The molecular formula is C11H21N. The first kappa shape index (κ1) is 8.55. The van der Waals surface area contributed by atoms with Crippen LogP contribution in [0.1, 0.15) is 46.0 Å². The molecule has 0 heterocycles. The second kappa shape index (κ2) is 3.37. The minimum Gasteiger partial charge on any atom is -0.311 e. The monoisotopic (exact) mass is 167 g/mol. The molecule has 0 aliphatic heterocycles. The second-order valence-electron chi connectivity index (χ2n) is 4.85. The fourth-order valence-corrected chi connectivity index (χ4v) is 2.53. The molecule has 2 fully saturated rings. The molecule has 0 spiro atoms. The highest BCUT2D eigenvalue weighted by molar-refractivity contribution is 4.90. The molecule has 1 heteroatoms. The summed E-state index contributed by atoms with van der Waals surface area (Å²) in [5, 5.41) is 3.79. The van der Waals surface area contributed by atoms with Crippen LogP contribution in [0.4, 0.5) is 0 Å². The Balaban J connectivity index is 1.88. The molecule has 2 unspecified atom stereocenters. The number of rotatable bonds is 2. The van der Waals surface area contributed by atoms with E-state index in [0.717, 1.165) is 23.9 Å². The van der Waals surface area contributed by atoms with Gasteiger partial charge in [-0.1, -0.05) is 20.3 Å². The average Bonchev–Trinajstić information content (AvgIpc) is 2.80. The molecule has 2 saturated carbocycles. The summed E-state index contributed by atoms with van der Waals surface area (Å²) >= 11 is 0. The quantitative estimate of drug-likeness (QED) is 0.666. The standard InChI is InChI=1S/C11H21N/c1-8-4-3-5-9(2)11(8)12-10-6-7-10/h8-12H,3-7H2,1-2H3. The van der Waals surface area contributed by atoms with Crippen molar-refractivity contribution in [3.05, 3.63) is 0 Å². The van der Waals surface area contributed by atoms with Crippen molar-refractivity contribution in [3.63, 3.8) is 0 Å². The van der Waals surface area contributed by atoms with E-state index in [-0.39, 0.29) is 0 Å². The minimum atomic E-state index is 0.825. The fraction of sp³-hybridized carbons (Fsp3) is 1.00. The fourth-order valence-electron chi connectivity index (χ4n) is 2.53. The Kier molecular flexibility index (Phi) is 2.40. The number of nitrogens with one attached hydrogen (secondary N) is 1. The third-order valence-corrected chi connectivity index (χ3v) is 3.55. The zero-order valence-corrected chi connectivity index (χ0v) is 8.34. The first-order chi connectivity index (χ1) is 5.77. The van der Waals surface area contributed by atoms with Crippen LogP contribution in [0.3, 0.4) is 0 Å². The predicted molar refractivity (Wildman–Crippen MR) is 52.1 cm³/mol. The summed E-state index contributed by atoms with van der Waals surface area (Å²) in [7, 11) is 0. The molecule has 70 valence electrons. The van der Waals surface area contributed by atoms with E-state index in [1.165, 1.54) is 32.1 Å². The molecule has 0 aromatic heterocycles. The summed E-state index contributed by atoms with van der Waals surface area (Å²) < 4.78 is 0. The summed E-state index contributed by atoms with van der Waals surface area (Å²) in [6, 6.07) is 1.71. The van der Waals surface area contributed by atoms with Gasteiger partial charge < -0.3 is 5.32 Å². The van der Waals surface area contributed by atoms with Gasteiger partial charge in [0.1, 0.15) is 0 Å². The van der Waals surface area contributed by atoms with Gasteiger partial charge in [0.05, 0.1) is 0 Å². The van der Waals surface area contributed by atoms with Gasteiger partial charge in [0, 0.05) is 12.1 Å². The first-order valence-electron chi connectivity index (χ1n) is 5.53. The number of hydrogen-bond acceptors (Lipinski definition) is 1. The van der Waals surface area contributed by atoms with Crippen LogP contribution < -0.4 is 5.32 Å². The highest BCUT2D eigenvalue weighted by atomic mass is 15.0. The Morgan fingerprint density at radius 2 is 1.50 bits per heavy atom. The summed E-state index contributed by atoms with van der Waals surface area (Å²) in [4.78, 5) is 0. The largest absolute Gasteiger partial charge is 0.311 e. The van der Waals surface area contributed by atoms with Gasteiger partial charge in [-0.05, 0) is 37.5 Å². The van der Waals surface area contributed by atoms with E-state index in [0.29, 0.717) is 0 Å². The zero-order chi connectivity index (χ0) is 8.55. The highest BCUT2D eigenvalue weighted by Gasteiger charge is 2.32. The van der Waals surface area contributed by atoms with Gasteiger partial charge in [0.15, 0.2) is 0 Å². The van der Waals surface area contributed by atoms with Crippen molar-refractivity contribution in [3.8, 4) is 0 Å². The van der Waals surface area contributed by atoms with Crippen LogP contribution in [0.15, 0.2) is 0 Å². The molecule has 2 rings (SSSR count). The van der Waals surface area contributed by atoms with Gasteiger partial charge in [0.2, 0.25) is 0 Å². The van der Waals surface area contributed by atoms with Crippen molar-refractivity contribution in [2.45, 2.75) is 58.0 Å². The second-order valence-corrected chi connectivity index (χ2v) is 4.85. The average molecular weight is 167 g/mol. The molecule has 0 amide bonds. The van der Waals surface area contributed by atoms with Crippen LogP contribution in [0.2, 0.25) is 0 Å². The van der Waals surface area contributed by atoms with E-state index >= 15 is 0 Å².